The van der Waals surface area contributed by atoms with E-state index < -0.39 is 5.91 Å². The van der Waals surface area contributed by atoms with Crippen molar-refractivity contribution in [3.05, 3.63) is 71.2 Å². The third-order valence-corrected chi connectivity index (χ3v) is 3.56. The summed E-state index contributed by atoms with van der Waals surface area (Å²) >= 11 is 5.96. The highest BCUT2D eigenvalue weighted by molar-refractivity contribution is 6.31. The minimum absolute atomic E-state index is 0.439. The molecule has 0 aromatic heterocycles. The van der Waals surface area contributed by atoms with Crippen LogP contribution in [0.4, 0.5) is 0 Å². The van der Waals surface area contributed by atoms with Crippen LogP contribution in [0.3, 0.4) is 0 Å². The van der Waals surface area contributed by atoms with Crippen molar-refractivity contribution in [1.29, 1.82) is 0 Å². The maximum Gasteiger partial charge on any atom is 0.249 e. The number of nitrogens with two attached hydrogens (primary N) is 1. The number of hydrogen-bond donors (Lipinski definition) is 1. The van der Waals surface area contributed by atoms with Crippen molar-refractivity contribution in [2.75, 3.05) is 0 Å². The summed E-state index contributed by atoms with van der Waals surface area (Å²) in [7, 11) is 0. The van der Waals surface area contributed by atoms with E-state index >= 15 is 0 Å². The smallest absolute Gasteiger partial charge is 0.249 e. The van der Waals surface area contributed by atoms with Gasteiger partial charge in [-0.15, -0.1) is 0 Å². The van der Waals surface area contributed by atoms with Crippen LogP contribution in [0.25, 0.3) is 21.9 Å². The summed E-state index contributed by atoms with van der Waals surface area (Å²) in [5.74, 6) is -0.476. The van der Waals surface area contributed by atoms with Gasteiger partial charge in [0.1, 0.15) is 0 Å². The molecule has 3 heteroatoms. The molecule has 0 fully saturated rings. The van der Waals surface area contributed by atoms with E-state index in [9.17, 15) is 4.79 Å². The highest BCUT2D eigenvalue weighted by Crippen LogP contribution is 2.32. The van der Waals surface area contributed by atoms with Crippen LogP contribution in [0, 0.1) is 0 Å². The summed E-state index contributed by atoms with van der Waals surface area (Å²) in [6, 6.07) is 19.3. The molecule has 2 nitrogen and oxygen atoms in total. The fourth-order valence-electron chi connectivity index (χ4n) is 2.42. The SMILES string of the molecule is NC(=O)c1cc(Cl)ccc1-c1cccc2ccccc12. The predicted octanol–water partition coefficient (Wildman–Crippen LogP) is 4.26. The number of carbonyl (C=O) groups is 1. The van der Waals surface area contributed by atoms with Gasteiger partial charge < -0.3 is 5.73 Å². The molecule has 3 aromatic rings. The van der Waals surface area contributed by atoms with Crippen LogP contribution in [0.1, 0.15) is 10.4 Å². The molecule has 0 atom stereocenters. The van der Waals surface area contributed by atoms with Crippen molar-refractivity contribution in [2.24, 2.45) is 5.73 Å². The second-order valence-electron chi connectivity index (χ2n) is 4.58. The van der Waals surface area contributed by atoms with Crippen molar-refractivity contribution in [2.45, 2.75) is 0 Å². The molecular weight excluding hydrogens is 270 g/mol. The summed E-state index contributed by atoms with van der Waals surface area (Å²) in [6.45, 7) is 0. The predicted molar refractivity (Wildman–Crippen MR) is 82.9 cm³/mol. The molecule has 1 amide bonds. The van der Waals surface area contributed by atoms with E-state index in [-0.39, 0.29) is 0 Å². The third kappa shape index (κ3) is 2.15. The Hall–Kier alpha value is -2.32. The van der Waals surface area contributed by atoms with Crippen LogP contribution in [-0.2, 0) is 0 Å². The molecule has 0 heterocycles. The number of benzene rings is 3. The Kier molecular flexibility index (Phi) is 3.17. The number of fused-ring (bicyclic) bond motifs is 1. The molecule has 0 aliphatic heterocycles. The average molecular weight is 282 g/mol. The molecule has 98 valence electrons. The molecule has 0 saturated carbocycles. The summed E-state index contributed by atoms with van der Waals surface area (Å²) in [5.41, 5.74) is 7.69. The van der Waals surface area contributed by atoms with Gasteiger partial charge in [0, 0.05) is 10.6 Å². The highest BCUT2D eigenvalue weighted by Gasteiger charge is 2.12. The first kappa shape index (κ1) is 12.7. The quantitative estimate of drug-likeness (QED) is 0.749. The van der Waals surface area contributed by atoms with Crippen LogP contribution in [0.2, 0.25) is 5.02 Å². The molecule has 0 bridgehead atoms. The van der Waals surface area contributed by atoms with Gasteiger partial charge in [0.05, 0.1) is 0 Å². The van der Waals surface area contributed by atoms with Gasteiger partial charge in [0.25, 0.3) is 0 Å². The van der Waals surface area contributed by atoms with Crippen LogP contribution >= 0.6 is 11.6 Å². The van der Waals surface area contributed by atoms with E-state index in [0.717, 1.165) is 21.9 Å². The lowest BCUT2D eigenvalue weighted by atomic mass is 9.94. The maximum absolute atomic E-state index is 11.6. The number of amides is 1. The van der Waals surface area contributed by atoms with Crippen LogP contribution < -0.4 is 5.73 Å². The van der Waals surface area contributed by atoms with Gasteiger partial charge in [0.2, 0.25) is 5.91 Å². The Labute approximate surface area is 121 Å². The van der Waals surface area contributed by atoms with E-state index in [0.29, 0.717) is 10.6 Å². The van der Waals surface area contributed by atoms with Crippen molar-refractivity contribution in [3.8, 4) is 11.1 Å². The molecular formula is C17H12ClNO. The van der Waals surface area contributed by atoms with Crippen molar-refractivity contribution in [1.82, 2.24) is 0 Å². The monoisotopic (exact) mass is 281 g/mol. The van der Waals surface area contributed by atoms with E-state index in [4.69, 9.17) is 17.3 Å². The molecule has 0 unspecified atom stereocenters. The van der Waals surface area contributed by atoms with E-state index in [1.807, 2.05) is 48.5 Å². The molecule has 0 aliphatic rings. The zero-order chi connectivity index (χ0) is 14.1. The lowest BCUT2D eigenvalue weighted by Gasteiger charge is -2.10. The van der Waals surface area contributed by atoms with Crippen molar-refractivity contribution >= 4 is 28.3 Å². The van der Waals surface area contributed by atoms with Gasteiger partial charge in [-0.05, 0) is 34.0 Å². The van der Waals surface area contributed by atoms with Crippen LogP contribution in [-0.4, -0.2) is 5.91 Å². The average Bonchev–Trinajstić information content (AvgIpc) is 2.46. The standard InChI is InChI=1S/C17H12ClNO/c18-12-8-9-15(16(10-12)17(19)20)14-7-3-5-11-4-1-2-6-13(11)14/h1-10H,(H2,19,20). The Morgan fingerprint density at radius 2 is 1.65 bits per heavy atom. The molecule has 0 aliphatic carbocycles. The Morgan fingerprint density at radius 1 is 0.900 bits per heavy atom. The third-order valence-electron chi connectivity index (χ3n) is 3.33. The van der Waals surface area contributed by atoms with Gasteiger partial charge in [-0.2, -0.15) is 0 Å². The van der Waals surface area contributed by atoms with Gasteiger partial charge in [-0.3, -0.25) is 4.79 Å². The fourth-order valence-corrected chi connectivity index (χ4v) is 2.59. The number of carbonyl (C=O) groups excluding carboxylic acids is 1. The first-order valence-electron chi connectivity index (χ1n) is 6.24. The second kappa shape index (κ2) is 4.99. The Morgan fingerprint density at radius 3 is 2.45 bits per heavy atom. The van der Waals surface area contributed by atoms with Gasteiger partial charge in [-0.25, -0.2) is 0 Å². The molecule has 0 saturated heterocycles. The lowest BCUT2D eigenvalue weighted by Crippen LogP contribution is -2.12. The summed E-state index contributed by atoms with van der Waals surface area (Å²) in [5, 5.41) is 2.71. The Bertz CT molecular complexity index is 806. The second-order valence-corrected chi connectivity index (χ2v) is 5.02. The first-order chi connectivity index (χ1) is 9.66. The van der Waals surface area contributed by atoms with Gasteiger partial charge in [-0.1, -0.05) is 60.1 Å². The van der Waals surface area contributed by atoms with Crippen LogP contribution in [0.15, 0.2) is 60.7 Å². The first-order valence-corrected chi connectivity index (χ1v) is 6.62. The summed E-state index contributed by atoms with van der Waals surface area (Å²) in [4.78, 5) is 11.6. The number of halogens is 1. The Balaban J connectivity index is 2.34. The minimum Gasteiger partial charge on any atom is -0.366 e. The molecule has 0 radical (unpaired) electrons. The molecule has 2 N–H and O–H groups in total. The topological polar surface area (TPSA) is 43.1 Å². The highest BCUT2D eigenvalue weighted by atomic mass is 35.5. The lowest BCUT2D eigenvalue weighted by molar-refractivity contribution is 0.100. The summed E-state index contributed by atoms with van der Waals surface area (Å²) < 4.78 is 0. The minimum atomic E-state index is -0.476. The number of rotatable bonds is 2. The zero-order valence-electron chi connectivity index (χ0n) is 10.6. The normalized spacial score (nSPS) is 10.7. The van der Waals surface area contributed by atoms with E-state index in [1.54, 1.807) is 12.1 Å². The van der Waals surface area contributed by atoms with E-state index in [1.165, 1.54) is 0 Å². The molecule has 20 heavy (non-hydrogen) atoms. The zero-order valence-corrected chi connectivity index (χ0v) is 11.4. The van der Waals surface area contributed by atoms with Gasteiger partial charge >= 0.3 is 0 Å². The molecule has 3 aromatic carbocycles. The van der Waals surface area contributed by atoms with Crippen molar-refractivity contribution in [3.63, 3.8) is 0 Å². The largest absolute Gasteiger partial charge is 0.366 e. The summed E-state index contributed by atoms with van der Waals surface area (Å²) in [6.07, 6.45) is 0. The molecule has 0 spiro atoms. The van der Waals surface area contributed by atoms with Crippen LogP contribution in [0.5, 0.6) is 0 Å². The number of primary amides is 1. The van der Waals surface area contributed by atoms with Crippen molar-refractivity contribution < 1.29 is 4.79 Å². The molecule has 3 rings (SSSR count). The van der Waals surface area contributed by atoms with E-state index in [2.05, 4.69) is 0 Å². The van der Waals surface area contributed by atoms with Gasteiger partial charge in [0.15, 0.2) is 0 Å². The number of hydrogen-bond acceptors (Lipinski definition) is 1. The fraction of sp³-hybridized carbons (Fsp3) is 0. The maximum atomic E-state index is 11.6.